The normalized spacial score (nSPS) is 16.0. The van der Waals surface area contributed by atoms with E-state index in [-0.39, 0.29) is 5.91 Å². The van der Waals surface area contributed by atoms with Crippen LogP contribution >= 0.6 is 11.3 Å². The highest BCUT2D eigenvalue weighted by Gasteiger charge is 2.37. The van der Waals surface area contributed by atoms with Crippen molar-refractivity contribution in [2.75, 3.05) is 10.2 Å². The van der Waals surface area contributed by atoms with Crippen LogP contribution in [0.25, 0.3) is 0 Å². The zero-order chi connectivity index (χ0) is 20.3. The summed E-state index contributed by atoms with van der Waals surface area (Å²) in [4.78, 5) is 14.3. The van der Waals surface area contributed by atoms with Crippen LogP contribution < -0.4 is 10.2 Å². The maximum absolute atomic E-state index is 13.1. The van der Waals surface area contributed by atoms with Crippen LogP contribution in [0.15, 0.2) is 66.7 Å². The third-order valence-electron chi connectivity index (χ3n) is 4.14. The second kappa shape index (κ2) is 8.06. The van der Waals surface area contributed by atoms with Crippen LogP contribution in [0.3, 0.4) is 0 Å². The van der Waals surface area contributed by atoms with Crippen molar-refractivity contribution in [1.29, 1.82) is 0 Å². The fourth-order valence-corrected chi connectivity index (χ4v) is 3.88. The monoisotopic (exact) mass is 404 g/mol. The van der Waals surface area contributed by atoms with E-state index in [4.69, 9.17) is 0 Å². The third kappa shape index (κ3) is 3.75. The van der Waals surface area contributed by atoms with E-state index in [1.165, 1.54) is 11.0 Å². The summed E-state index contributed by atoms with van der Waals surface area (Å²) < 4.78 is 39.0. The summed E-state index contributed by atoms with van der Waals surface area (Å²) in [6.45, 7) is 4.00. The number of halogens is 3. The molecule has 0 bridgehead atoms. The summed E-state index contributed by atoms with van der Waals surface area (Å²) >= 11 is 0.640. The molecule has 1 N–H and O–H groups in total. The molecule has 146 valence electrons. The molecule has 1 unspecified atom stereocenters. The van der Waals surface area contributed by atoms with Gasteiger partial charge >= 0.3 is 6.18 Å². The Morgan fingerprint density at radius 1 is 0.929 bits per heavy atom. The van der Waals surface area contributed by atoms with E-state index in [1.54, 1.807) is 48.5 Å². The van der Waals surface area contributed by atoms with Crippen LogP contribution in [0.4, 0.5) is 24.5 Å². The number of fused-ring (bicyclic) bond motifs is 1. The molecule has 0 saturated carbocycles. The van der Waals surface area contributed by atoms with Gasteiger partial charge in [0.25, 0.3) is 5.91 Å². The van der Waals surface area contributed by atoms with Gasteiger partial charge in [0.2, 0.25) is 0 Å². The van der Waals surface area contributed by atoms with Crippen molar-refractivity contribution in [1.82, 2.24) is 0 Å². The highest BCUT2D eigenvalue weighted by molar-refractivity contribution is 7.12. The molecule has 0 radical (unpaired) electrons. The number of nitrogens with zero attached hydrogens (tertiary/aromatic N) is 1. The maximum atomic E-state index is 13.1. The molecule has 4 rings (SSSR count). The standard InChI is InChI=1S/C19H13F3N2OS.C2H6/c20-19(21,22)16-11-10-15(26-16)17-23-14-9-5-4-8-13(14)18(25)24(17)12-6-2-1-3-7-12;1-2/h1-11,17,23H;1-2H3. The summed E-state index contributed by atoms with van der Waals surface area (Å²) in [6.07, 6.45) is -5.11. The van der Waals surface area contributed by atoms with E-state index in [0.29, 0.717) is 33.2 Å². The Morgan fingerprint density at radius 2 is 1.57 bits per heavy atom. The molecule has 2 aromatic carbocycles. The lowest BCUT2D eigenvalue weighted by molar-refractivity contribution is -0.134. The van der Waals surface area contributed by atoms with E-state index in [1.807, 2.05) is 19.9 Å². The predicted octanol–water partition coefficient (Wildman–Crippen LogP) is 6.56. The fourth-order valence-electron chi connectivity index (χ4n) is 2.96. The molecule has 0 saturated heterocycles. The largest absolute Gasteiger partial charge is 0.425 e. The van der Waals surface area contributed by atoms with Gasteiger partial charge in [-0.1, -0.05) is 44.2 Å². The van der Waals surface area contributed by atoms with Crippen LogP contribution in [-0.4, -0.2) is 5.91 Å². The number of anilines is 2. The number of carbonyl (C=O) groups is 1. The van der Waals surface area contributed by atoms with Gasteiger partial charge in [0, 0.05) is 16.3 Å². The molecule has 3 nitrogen and oxygen atoms in total. The summed E-state index contributed by atoms with van der Waals surface area (Å²) in [5.74, 6) is -0.252. The quantitative estimate of drug-likeness (QED) is 0.524. The first-order chi connectivity index (χ1) is 13.4. The molecule has 28 heavy (non-hydrogen) atoms. The minimum Gasteiger partial charge on any atom is -0.360 e. The number of hydrogen-bond donors (Lipinski definition) is 1. The average Bonchev–Trinajstić information content (AvgIpc) is 3.21. The van der Waals surface area contributed by atoms with Crippen molar-refractivity contribution < 1.29 is 18.0 Å². The van der Waals surface area contributed by atoms with Gasteiger partial charge in [-0.25, -0.2) is 0 Å². The lowest BCUT2D eigenvalue weighted by Gasteiger charge is -2.37. The Bertz CT molecular complexity index is 954. The summed E-state index contributed by atoms with van der Waals surface area (Å²) in [5, 5.41) is 3.21. The molecule has 3 aromatic rings. The first kappa shape index (κ1) is 19.9. The van der Waals surface area contributed by atoms with Gasteiger partial charge in [-0.3, -0.25) is 9.69 Å². The lowest BCUT2D eigenvalue weighted by Crippen LogP contribution is -2.42. The number of thiophene rings is 1. The van der Waals surface area contributed by atoms with Gasteiger partial charge in [-0.2, -0.15) is 13.2 Å². The predicted molar refractivity (Wildman–Crippen MR) is 107 cm³/mol. The van der Waals surface area contributed by atoms with E-state index >= 15 is 0 Å². The minimum atomic E-state index is -4.41. The van der Waals surface area contributed by atoms with E-state index in [9.17, 15) is 18.0 Å². The number of amides is 1. The average molecular weight is 404 g/mol. The lowest BCUT2D eigenvalue weighted by atomic mass is 10.1. The molecular formula is C21H19F3N2OS. The summed E-state index contributed by atoms with van der Waals surface area (Å²) in [6, 6.07) is 18.4. The maximum Gasteiger partial charge on any atom is 0.425 e. The molecular weight excluding hydrogens is 385 g/mol. The Morgan fingerprint density at radius 3 is 2.21 bits per heavy atom. The molecule has 1 atom stereocenters. The number of nitrogens with one attached hydrogen (secondary N) is 1. The highest BCUT2D eigenvalue weighted by atomic mass is 32.1. The van der Waals surface area contributed by atoms with Crippen molar-refractivity contribution in [3.8, 4) is 0 Å². The zero-order valence-electron chi connectivity index (χ0n) is 15.3. The van der Waals surface area contributed by atoms with Crippen LogP contribution in [0, 0.1) is 0 Å². The Balaban J connectivity index is 0.00000109. The zero-order valence-corrected chi connectivity index (χ0v) is 16.1. The van der Waals surface area contributed by atoms with Gasteiger partial charge in [-0.15, -0.1) is 11.3 Å². The van der Waals surface area contributed by atoms with Crippen LogP contribution in [-0.2, 0) is 6.18 Å². The van der Waals surface area contributed by atoms with Crippen LogP contribution in [0.5, 0.6) is 0 Å². The van der Waals surface area contributed by atoms with Crippen LogP contribution in [0.2, 0.25) is 0 Å². The second-order valence-corrected chi connectivity index (χ2v) is 6.92. The molecule has 0 spiro atoms. The SMILES string of the molecule is CC.O=C1c2ccccc2NC(c2ccc(C(F)(F)F)s2)N1c1ccccc1. The molecule has 0 aliphatic carbocycles. The van der Waals surface area contributed by atoms with Crippen molar-refractivity contribution >= 4 is 28.6 Å². The van der Waals surface area contributed by atoms with Gasteiger partial charge in [0.1, 0.15) is 11.0 Å². The summed E-state index contributed by atoms with van der Waals surface area (Å²) in [5.41, 5.74) is 1.71. The van der Waals surface area contributed by atoms with Gasteiger partial charge in [-0.05, 0) is 36.4 Å². The Labute approximate surface area is 165 Å². The molecule has 1 aliphatic heterocycles. The topological polar surface area (TPSA) is 32.3 Å². The number of para-hydroxylation sites is 2. The first-order valence-electron chi connectivity index (χ1n) is 8.86. The van der Waals surface area contributed by atoms with Crippen LogP contribution in [0.1, 0.15) is 40.1 Å². The summed E-state index contributed by atoms with van der Waals surface area (Å²) in [7, 11) is 0. The van der Waals surface area contributed by atoms with Crippen molar-refractivity contribution in [2.45, 2.75) is 26.2 Å². The van der Waals surface area contributed by atoms with Crippen molar-refractivity contribution in [3.05, 3.63) is 82.0 Å². The molecule has 1 aromatic heterocycles. The van der Waals surface area contributed by atoms with Gasteiger partial charge in [0.05, 0.1) is 5.56 Å². The third-order valence-corrected chi connectivity index (χ3v) is 5.32. The fraction of sp³-hybridized carbons (Fsp3) is 0.190. The molecule has 2 heterocycles. The van der Waals surface area contributed by atoms with E-state index in [2.05, 4.69) is 5.32 Å². The molecule has 7 heteroatoms. The van der Waals surface area contributed by atoms with Crippen molar-refractivity contribution in [2.24, 2.45) is 0 Å². The number of hydrogen-bond acceptors (Lipinski definition) is 3. The number of carbonyl (C=O) groups excluding carboxylic acids is 1. The second-order valence-electron chi connectivity index (χ2n) is 5.80. The Kier molecular flexibility index (Phi) is 5.74. The molecule has 1 aliphatic rings. The minimum absolute atomic E-state index is 0.252. The number of alkyl halides is 3. The molecule has 0 fully saturated rings. The van der Waals surface area contributed by atoms with Gasteiger partial charge < -0.3 is 5.32 Å². The van der Waals surface area contributed by atoms with E-state index < -0.39 is 17.2 Å². The Hall–Kier alpha value is -2.80. The van der Waals surface area contributed by atoms with E-state index in [0.717, 1.165) is 6.07 Å². The molecule has 1 amide bonds. The smallest absolute Gasteiger partial charge is 0.360 e. The number of benzene rings is 2. The number of rotatable bonds is 2. The first-order valence-corrected chi connectivity index (χ1v) is 9.68. The van der Waals surface area contributed by atoms with Gasteiger partial charge in [0.15, 0.2) is 0 Å². The highest BCUT2D eigenvalue weighted by Crippen LogP contribution is 2.42. The van der Waals surface area contributed by atoms with Crippen molar-refractivity contribution in [3.63, 3.8) is 0 Å².